The quantitative estimate of drug-likeness (QED) is 0.897. The maximum Gasteiger partial charge on any atom is 0.416 e. The van der Waals surface area contributed by atoms with E-state index in [9.17, 15) is 13.2 Å². The van der Waals surface area contributed by atoms with E-state index in [0.29, 0.717) is 5.89 Å². The molecular formula is C11H10F3N3O. The molecule has 0 aliphatic rings. The van der Waals surface area contributed by atoms with Crippen LogP contribution in [0, 0.1) is 6.92 Å². The Morgan fingerprint density at radius 3 is 2.61 bits per heavy atom. The number of alkyl halides is 3. The summed E-state index contributed by atoms with van der Waals surface area (Å²) in [6.07, 6.45) is -4.40. The summed E-state index contributed by atoms with van der Waals surface area (Å²) in [4.78, 5) is 3.89. The minimum absolute atomic E-state index is 0.159. The monoisotopic (exact) mass is 257 g/mol. The van der Waals surface area contributed by atoms with Crippen molar-refractivity contribution in [3.63, 3.8) is 0 Å². The number of halogens is 3. The second kappa shape index (κ2) is 4.41. The Kier molecular flexibility index (Phi) is 3.08. The Balaban J connectivity index is 2.34. The Bertz CT molecular complexity index is 550. The summed E-state index contributed by atoms with van der Waals surface area (Å²) in [5.74, 6) is 0.472. The van der Waals surface area contributed by atoms with E-state index in [1.807, 2.05) is 0 Å². The Hall–Kier alpha value is -1.89. The molecule has 0 spiro atoms. The zero-order valence-corrected chi connectivity index (χ0v) is 9.40. The summed E-state index contributed by atoms with van der Waals surface area (Å²) in [6, 6.07) is 3.91. The average Bonchev–Trinajstić information content (AvgIpc) is 2.74. The molecule has 0 saturated carbocycles. The van der Waals surface area contributed by atoms with Crippen LogP contribution in [0.3, 0.4) is 0 Å². The van der Waals surface area contributed by atoms with Gasteiger partial charge in [0.2, 0.25) is 5.89 Å². The molecule has 2 N–H and O–H groups in total. The van der Waals surface area contributed by atoms with Crippen molar-refractivity contribution in [3.05, 3.63) is 47.1 Å². The maximum atomic E-state index is 12.5. The molecule has 0 aliphatic carbocycles. The van der Waals surface area contributed by atoms with Crippen molar-refractivity contribution >= 4 is 0 Å². The van der Waals surface area contributed by atoms with Gasteiger partial charge in [0.1, 0.15) is 0 Å². The Morgan fingerprint density at radius 2 is 2.06 bits per heavy atom. The predicted molar refractivity (Wildman–Crippen MR) is 56.5 cm³/mol. The van der Waals surface area contributed by atoms with Crippen LogP contribution in [-0.4, -0.2) is 10.1 Å². The second-order valence-electron chi connectivity index (χ2n) is 3.77. The van der Waals surface area contributed by atoms with E-state index in [0.717, 1.165) is 12.1 Å². The number of hydrogen-bond acceptors (Lipinski definition) is 4. The van der Waals surface area contributed by atoms with Crippen LogP contribution in [0.1, 0.15) is 28.9 Å². The van der Waals surface area contributed by atoms with E-state index in [2.05, 4.69) is 10.1 Å². The van der Waals surface area contributed by atoms with Gasteiger partial charge in [0.15, 0.2) is 5.82 Å². The third kappa shape index (κ3) is 2.51. The Labute approximate surface area is 101 Å². The fourth-order valence-electron chi connectivity index (χ4n) is 1.50. The fourth-order valence-corrected chi connectivity index (χ4v) is 1.50. The van der Waals surface area contributed by atoms with Crippen molar-refractivity contribution in [3.8, 4) is 0 Å². The van der Waals surface area contributed by atoms with Gasteiger partial charge in [-0.3, -0.25) is 0 Å². The first-order valence-corrected chi connectivity index (χ1v) is 5.11. The SMILES string of the molecule is Cc1nc(C(N)c2cccc(C(F)(F)F)c2)no1. The molecule has 1 unspecified atom stereocenters. The van der Waals surface area contributed by atoms with Crippen molar-refractivity contribution in [2.45, 2.75) is 19.1 Å². The van der Waals surface area contributed by atoms with Crippen LogP contribution in [0.4, 0.5) is 13.2 Å². The van der Waals surface area contributed by atoms with Crippen molar-refractivity contribution in [2.75, 3.05) is 0 Å². The highest BCUT2D eigenvalue weighted by molar-refractivity contribution is 5.30. The first-order valence-electron chi connectivity index (χ1n) is 5.11. The third-order valence-corrected chi connectivity index (χ3v) is 2.39. The summed E-state index contributed by atoms with van der Waals surface area (Å²) >= 11 is 0. The number of benzene rings is 1. The molecule has 0 bridgehead atoms. The van der Waals surface area contributed by atoms with Gasteiger partial charge < -0.3 is 10.3 Å². The molecule has 1 atom stereocenters. The topological polar surface area (TPSA) is 64.9 Å². The molecule has 0 amide bonds. The van der Waals surface area contributed by atoms with Gasteiger partial charge >= 0.3 is 6.18 Å². The van der Waals surface area contributed by atoms with Gasteiger partial charge in [0, 0.05) is 6.92 Å². The van der Waals surface area contributed by atoms with Gasteiger partial charge in [-0.15, -0.1) is 0 Å². The van der Waals surface area contributed by atoms with Gasteiger partial charge in [-0.1, -0.05) is 17.3 Å². The van der Waals surface area contributed by atoms with E-state index >= 15 is 0 Å². The molecule has 0 saturated heterocycles. The summed E-state index contributed by atoms with van der Waals surface area (Å²) < 4.78 is 42.4. The lowest BCUT2D eigenvalue weighted by atomic mass is 10.0. The highest BCUT2D eigenvalue weighted by atomic mass is 19.4. The molecule has 18 heavy (non-hydrogen) atoms. The summed E-state index contributed by atoms with van der Waals surface area (Å²) in [5, 5.41) is 3.59. The van der Waals surface area contributed by atoms with Crippen LogP contribution >= 0.6 is 0 Å². The van der Waals surface area contributed by atoms with Crippen LogP contribution in [-0.2, 0) is 6.18 Å². The first kappa shape index (κ1) is 12.6. The summed E-state index contributed by atoms with van der Waals surface area (Å²) in [5.41, 5.74) is 5.32. The van der Waals surface area contributed by atoms with Crippen LogP contribution in [0.15, 0.2) is 28.8 Å². The van der Waals surface area contributed by atoms with Crippen LogP contribution in [0.2, 0.25) is 0 Å². The van der Waals surface area contributed by atoms with Gasteiger partial charge in [-0.05, 0) is 17.7 Å². The molecule has 96 valence electrons. The van der Waals surface area contributed by atoms with Crippen molar-refractivity contribution < 1.29 is 17.7 Å². The minimum Gasteiger partial charge on any atom is -0.340 e. The maximum absolute atomic E-state index is 12.5. The lowest BCUT2D eigenvalue weighted by Crippen LogP contribution is -2.15. The summed E-state index contributed by atoms with van der Waals surface area (Å²) in [7, 11) is 0. The van der Waals surface area contributed by atoms with Crippen LogP contribution in [0.5, 0.6) is 0 Å². The molecule has 0 aliphatic heterocycles. The van der Waals surface area contributed by atoms with Gasteiger partial charge in [0.25, 0.3) is 0 Å². The smallest absolute Gasteiger partial charge is 0.340 e. The molecule has 4 nitrogen and oxygen atoms in total. The van der Waals surface area contributed by atoms with Gasteiger partial charge in [-0.25, -0.2) is 0 Å². The zero-order valence-electron chi connectivity index (χ0n) is 9.40. The zero-order chi connectivity index (χ0) is 13.3. The minimum atomic E-state index is -4.40. The normalized spacial score (nSPS) is 13.6. The van der Waals surface area contributed by atoms with E-state index < -0.39 is 17.8 Å². The van der Waals surface area contributed by atoms with E-state index in [1.54, 1.807) is 6.92 Å². The molecule has 2 aromatic rings. The van der Waals surface area contributed by atoms with E-state index in [4.69, 9.17) is 10.3 Å². The highest BCUT2D eigenvalue weighted by Gasteiger charge is 2.31. The molecular weight excluding hydrogens is 247 g/mol. The van der Waals surface area contributed by atoms with Gasteiger partial charge in [0.05, 0.1) is 11.6 Å². The lowest BCUT2D eigenvalue weighted by Gasteiger charge is -2.11. The molecule has 0 fully saturated rings. The number of aromatic nitrogens is 2. The number of nitrogens with zero attached hydrogens (tertiary/aromatic N) is 2. The van der Waals surface area contributed by atoms with E-state index in [1.165, 1.54) is 12.1 Å². The summed E-state index contributed by atoms with van der Waals surface area (Å²) in [6.45, 7) is 1.58. The molecule has 2 rings (SSSR count). The number of hydrogen-bond donors (Lipinski definition) is 1. The lowest BCUT2D eigenvalue weighted by molar-refractivity contribution is -0.137. The second-order valence-corrected chi connectivity index (χ2v) is 3.77. The van der Waals surface area contributed by atoms with Crippen molar-refractivity contribution in [2.24, 2.45) is 5.73 Å². The predicted octanol–water partition coefficient (Wildman–Crippen LogP) is 2.44. The fraction of sp³-hybridized carbons (Fsp3) is 0.273. The molecule has 0 radical (unpaired) electrons. The third-order valence-electron chi connectivity index (χ3n) is 2.39. The Morgan fingerprint density at radius 1 is 1.33 bits per heavy atom. The van der Waals surface area contributed by atoms with Crippen molar-refractivity contribution in [1.82, 2.24) is 10.1 Å². The highest BCUT2D eigenvalue weighted by Crippen LogP contribution is 2.31. The van der Waals surface area contributed by atoms with Crippen molar-refractivity contribution in [1.29, 1.82) is 0 Å². The molecule has 7 heteroatoms. The number of aryl methyl sites for hydroxylation is 1. The van der Waals surface area contributed by atoms with Crippen LogP contribution in [0.25, 0.3) is 0 Å². The first-order chi connectivity index (χ1) is 8.38. The molecule has 1 aromatic heterocycles. The van der Waals surface area contributed by atoms with E-state index in [-0.39, 0.29) is 11.4 Å². The van der Waals surface area contributed by atoms with Crippen LogP contribution < -0.4 is 5.73 Å². The van der Waals surface area contributed by atoms with Gasteiger partial charge in [-0.2, -0.15) is 18.2 Å². The number of rotatable bonds is 2. The number of nitrogens with two attached hydrogens (primary N) is 1. The average molecular weight is 257 g/mol. The molecule has 1 aromatic carbocycles. The largest absolute Gasteiger partial charge is 0.416 e. The standard InChI is InChI=1S/C11H10F3N3O/c1-6-16-10(17-18-6)9(15)7-3-2-4-8(5-7)11(12,13)14/h2-5,9H,15H2,1H3. The molecule has 1 heterocycles.